The molecule has 1 aliphatic rings. The van der Waals surface area contributed by atoms with Crippen molar-refractivity contribution in [3.8, 4) is 0 Å². The molecule has 0 amide bonds. The van der Waals surface area contributed by atoms with Crippen LogP contribution in [-0.2, 0) is 22.9 Å². The first-order valence-electron chi connectivity index (χ1n) is 9.47. The number of ether oxygens (including phenoxy) is 2. The average Bonchev–Trinajstić information content (AvgIpc) is 3.26. The van der Waals surface area contributed by atoms with Crippen LogP contribution < -0.4 is 10.6 Å². The van der Waals surface area contributed by atoms with Crippen molar-refractivity contribution in [2.75, 3.05) is 39.5 Å². The molecule has 1 aliphatic heterocycles. The van der Waals surface area contributed by atoms with Crippen molar-refractivity contribution in [1.82, 2.24) is 20.4 Å². The summed E-state index contributed by atoms with van der Waals surface area (Å²) < 4.78 is 13.1. The minimum Gasteiger partial charge on any atom is -0.379 e. The van der Waals surface area contributed by atoms with Crippen LogP contribution in [0.2, 0.25) is 0 Å². The molecule has 0 radical (unpaired) electrons. The van der Waals surface area contributed by atoms with Crippen LogP contribution in [0.25, 0.3) is 0 Å². The smallest absolute Gasteiger partial charge is 0.191 e. The Morgan fingerprint density at radius 1 is 1.44 bits per heavy atom. The number of hydrogen-bond acceptors (Lipinski definition) is 4. The molecule has 2 heterocycles. The summed E-state index contributed by atoms with van der Waals surface area (Å²) in [6.45, 7) is 6.98. The van der Waals surface area contributed by atoms with Crippen LogP contribution in [0.3, 0.4) is 0 Å². The van der Waals surface area contributed by atoms with E-state index in [2.05, 4.69) is 33.8 Å². The minimum atomic E-state index is 0.312. The van der Waals surface area contributed by atoms with E-state index in [1.54, 1.807) is 0 Å². The molecular weight excluding hydrogens is 318 g/mol. The van der Waals surface area contributed by atoms with Crippen LogP contribution in [0.1, 0.15) is 38.2 Å². The number of aryl methyl sites for hydroxylation is 2. The Hall–Kier alpha value is -1.60. The van der Waals surface area contributed by atoms with E-state index in [1.807, 2.05) is 17.9 Å². The summed E-state index contributed by atoms with van der Waals surface area (Å²) in [7, 11) is 1.94. The molecule has 7 heteroatoms. The lowest BCUT2D eigenvalue weighted by molar-refractivity contribution is 0.0168. The summed E-state index contributed by atoms with van der Waals surface area (Å²) in [6.07, 6.45) is 9.58. The summed E-state index contributed by atoms with van der Waals surface area (Å²) in [5.41, 5.74) is 1.26. The highest BCUT2D eigenvalue weighted by molar-refractivity contribution is 5.79. The first-order chi connectivity index (χ1) is 12.3. The monoisotopic (exact) mass is 351 g/mol. The summed E-state index contributed by atoms with van der Waals surface area (Å²) in [6, 6.07) is 0. The lowest BCUT2D eigenvalue weighted by atomic mass is 10.2. The van der Waals surface area contributed by atoms with Gasteiger partial charge in [0.05, 0.1) is 18.9 Å². The van der Waals surface area contributed by atoms with Crippen LogP contribution in [-0.4, -0.2) is 61.3 Å². The summed E-state index contributed by atoms with van der Waals surface area (Å²) in [5, 5.41) is 10.8. The van der Waals surface area contributed by atoms with Crippen molar-refractivity contribution < 1.29 is 9.47 Å². The first kappa shape index (κ1) is 19.7. The largest absolute Gasteiger partial charge is 0.379 e. The Morgan fingerprint density at radius 3 is 3.08 bits per heavy atom. The number of nitrogens with one attached hydrogen (secondary N) is 2. The Kier molecular flexibility index (Phi) is 9.36. The molecule has 1 aromatic rings. The van der Waals surface area contributed by atoms with E-state index in [-0.39, 0.29) is 0 Å². The molecule has 1 aromatic heterocycles. The maximum atomic E-state index is 5.68. The molecule has 1 saturated heterocycles. The summed E-state index contributed by atoms with van der Waals surface area (Å²) in [5.74, 6) is 0.882. The van der Waals surface area contributed by atoms with Gasteiger partial charge in [-0.3, -0.25) is 9.67 Å². The highest BCUT2D eigenvalue weighted by Gasteiger charge is 2.14. The van der Waals surface area contributed by atoms with Crippen LogP contribution in [0.15, 0.2) is 17.4 Å². The minimum absolute atomic E-state index is 0.312. The van der Waals surface area contributed by atoms with Crippen molar-refractivity contribution in [3.63, 3.8) is 0 Å². The SMILES string of the molecule is CCNC(=NCCCc1cnn(C)c1)NCCCOCC1CCCO1. The van der Waals surface area contributed by atoms with Gasteiger partial charge in [-0.05, 0) is 44.6 Å². The zero-order valence-corrected chi connectivity index (χ0v) is 15.7. The van der Waals surface area contributed by atoms with Crippen molar-refractivity contribution in [3.05, 3.63) is 18.0 Å². The van der Waals surface area contributed by atoms with Gasteiger partial charge in [0.15, 0.2) is 5.96 Å². The summed E-state index contributed by atoms with van der Waals surface area (Å²) >= 11 is 0. The third-order valence-electron chi connectivity index (χ3n) is 4.08. The molecule has 1 fully saturated rings. The molecule has 142 valence electrons. The van der Waals surface area contributed by atoms with Crippen LogP contribution in [0.5, 0.6) is 0 Å². The van der Waals surface area contributed by atoms with Gasteiger partial charge in [-0.1, -0.05) is 0 Å². The van der Waals surface area contributed by atoms with Gasteiger partial charge in [0.2, 0.25) is 0 Å². The van der Waals surface area contributed by atoms with Gasteiger partial charge in [-0.2, -0.15) is 5.10 Å². The third-order valence-corrected chi connectivity index (χ3v) is 4.08. The lowest BCUT2D eigenvalue weighted by Gasteiger charge is -2.12. The van der Waals surface area contributed by atoms with Crippen LogP contribution in [0, 0.1) is 0 Å². The summed E-state index contributed by atoms with van der Waals surface area (Å²) in [4.78, 5) is 4.62. The topological polar surface area (TPSA) is 72.7 Å². The van der Waals surface area contributed by atoms with Crippen molar-refractivity contribution in [2.45, 2.75) is 45.1 Å². The molecule has 2 N–H and O–H groups in total. The molecular formula is C18H33N5O2. The molecule has 0 spiro atoms. The molecule has 7 nitrogen and oxygen atoms in total. The van der Waals surface area contributed by atoms with E-state index in [9.17, 15) is 0 Å². The van der Waals surface area contributed by atoms with E-state index in [1.165, 1.54) is 12.0 Å². The number of guanidine groups is 1. The third kappa shape index (κ3) is 8.36. The number of nitrogens with zero attached hydrogens (tertiary/aromatic N) is 3. The van der Waals surface area contributed by atoms with Gasteiger partial charge in [-0.25, -0.2) is 0 Å². The first-order valence-corrected chi connectivity index (χ1v) is 9.47. The molecule has 0 bridgehead atoms. The number of aromatic nitrogens is 2. The van der Waals surface area contributed by atoms with E-state index < -0.39 is 0 Å². The number of rotatable bonds is 11. The van der Waals surface area contributed by atoms with Gasteiger partial charge in [0.1, 0.15) is 0 Å². The molecule has 0 aliphatic carbocycles. The van der Waals surface area contributed by atoms with Crippen molar-refractivity contribution in [1.29, 1.82) is 0 Å². The fourth-order valence-corrected chi connectivity index (χ4v) is 2.79. The molecule has 25 heavy (non-hydrogen) atoms. The Labute approximate surface area is 151 Å². The van der Waals surface area contributed by atoms with Gasteiger partial charge in [0.25, 0.3) is 0 Å². The molecule has 2 rings (SSSR count). The maximum absolute atomic E-state index is 5.68. The van der Waals surface area contributed by atoms with Gasteiger partial charge < -0.3 is 20.1 Å². The molecule has 0 saturated carbocycles. The van der Waals surface area contributed by atoms with E-state index in [4.69, 9.17) is 9.47 Å². The van der Waals surface area contributed by atoms with Crippen molar-refractivity contribution >= 4 is 5.96 Å². The second-order valence-electron chi connectivity index (χ2n) is 6.38. The second-order valence-corrected chi connectivity index (χ2v) is 6.38. The zero-order chi connectivity index (χ0) is 17.7. The highest BCUT2D eigenvalue weighted by Crippen LogP contribution is 2.11. The zero-order valence-electron chi connectivity index (χ0n) is 15.7. The standard InChI is InChI=1S/C18H33N5O2/c1-3-19-18(20-9-4-7-16-13-22-23(2)14-16)21-10-6-11-24-15-17-8-5-12-25-17/h13-14,17H,3-12,15H2,1-2H3,(H2,19,20,21). The second kappa shape index (κ2) is 11.9. The predicted molar refractivity (Wildman–Crippen MR) is 99.9 cm³/mol. The quantitative estimate of drug-likeness (QED) is 0.359. The molecule has 1 atom stereocenters. The van der Waals surface area contributed by atoms with Gasteiger partial charge in [-0.15, -0.1) is 0 Å². The van der Waals surface area contributed by atoms with E-state index in [0.29, 0.717) is 6.10 Å². The number of hydrogen-bond donors (Lipinski definition) is 2. The van der Waals surface area contributed by atoms with E-state index >= 15 is 0 Å². The Bertz CT molecular complexity index is 497. The fourth-order valence-electron chi connectivity index (χ4n) is 2.79. The molecule has 1 unspecified atom stereocenters. The predicted octanol–water partition coefficient (Wildman–Crippen LogP) is 1.49. The van der Waals surface area contributed by atoms with Crippen LogP contribution >= 0.6 is 0 Å². The van der Waals surface area contributed by atoms with E-state index in [0.717, 1.165) is 71.1 Å². The Morgan fingerprint density at radius 2 is 2.36 bits per heavy atom. The van der Waals surface area contributed by atoms with Gasteiger partial charge in [0, 0.05) is 46.1 Å². The van der Waals surface area contributed by atoms with Gasteiger partial charge >= 0.3 is 0 Å². The average molecular weight is 351 g/mol. The Balaban J connectivity index is 1.53. The lowest BCUT2D eigenvalue weighted by Crippen LogP contribution is -2.38. The van der Waals surface area contributed by atoms with Crippen molar-refractivity contribution in [2.24, 2.45) is 12.0 Å². The maximum Gasteiger partial charge on any atom is 0.191 e. The fraction of sp³-hybridized carbons (Fsp3) is 0.778. The number of aliphatic imine (C=N–C) groups is 1. The normalized spacial score (nSPS) is 17.8. The molecule has 0 aromatic carbocycles. The van der Waals surface area contributed by atoms with Crippen LogP contribution in [0.4, 0.5) is 0 Å². The highest BCUT2D eigenvalue weighted by atomic mass is 16.5.